The van der Waals surface area contributed by atoms with Crippen molar-refractivity contribution in [1.82, 2.24) is 9.78 Å². The number of rotatable bonds is 1. The van der Waals surface area contributed by atoms with E-state index in [0.717, 1.165) is 5.00 Å². The minimum absolute atomic E-state index is 0.158. The average molecular weight is 259 g/mol. The van der Waals surface area contributed by atoms with Gasteiger partial charge in [0.25, 0.3) is 0 Å². The third-order valence-corrected chi connectivity index (χ3v) is 3.35. The molecule has 5 heteroatoms. The highest BCUT2D eigenvalue weighted by molar-refractivity contribution is 9.10. The lowest BCUT2D eigenvalue weighted by Gasteiger charge is -1.96. The van der Waals surface area contributed by atoms with Gasteiger partial charge in [0.2, 0.25) is 0 Å². The highest BCUT2D eigenvalue weighted by atomic mass is 79.9. The van der Waals surface area contributed by atoms with Crippen LogP contribution in [0.15, 0.2) is 22.9 Å². The summed E-state index contributed by atoms with van der Waals surface area (Å²) in [6.07, 6.45) is 1.42. The summed E-state index contributed by atoms with van der Waals surface area (Å²) in [7, 11) is 0. The Morgan fingerprint density at radius 2 is 2.31 bits per heavy atom. The fourth-order valence-corrected chi connectivity index (χ4v) is 2.34. The Kier molecular flexibility index (Phi) is 2.13. The molecule has 0 saturated carbocycles. The summed E-state index contributed by atoms with van der Waals surface area (Å²) in [4.78, 5) is 1.22. The van der Waals surface area contributed by atoms with Gasteiger partial charge in [-0.1, -0.05) is 0 Å². The maximum atomic E-state index is 9.28. The summed E-state index contributed by atoms with van der Waals surface area (Å²) in [6, 6.07) is 3.99. The van der Waals surface area contributed by atoms with E-state index < -0.39 is 0 Å². The van der Waals surface area contributed by atoms with Crippen LogP contribution in [0.5, 0.6) is 5.75 Å². The number of nitrogens with zero attached hydrogens (tertiary/aromatic N) is 2. The van der Waals surface area contributed by atoms with E-state index in [1.54, 1.807) is 16.0 Å². The minimum atomic E-state index is 0.158. The van der Waals surface area contributed by atoms with Crippen molar-refractivity contribution in [2.45, 2.75) is 6.92 Å². The molecule has 0 saturated heterocycles. The summed E-state index contributed by atoms with van der Waals surface area (Å²) >= 11 is 4.88. The van der Waals surface area contributed by atoms with Crippen molar-refractivity contribution < 1.29 is 5.11 Å². The Morgan fingerprint density at radius 3 is 2.77 bits per heavy atom. The van der Waals surface area contributed by atoms with Crippen LogP contribution < -0.4 is 0 Å². The van der Waals surface area contributed by atoms with Gasteiger partial charge in [-0.3, -0.25) is 0 Å². The molecule has 0 aliphatic rings. The largest absolute Gasteiger partial charge is 0.504 e. The van der Waals surface area contributed by atoms with E-state index >= 15 is 0 Å². The molecule has 0 aromatic carbocycles. The lowest BCUT2D eigenvalue weighted by molar-refractivity contribution is 0.471. The Hall–Kier alpha value is -0.810. The van der Waals surface area contributed by atoms with E-state index in [4.69, 9.17) is 0 Å². The first-order chi connectivity index (χ1) is 6.18. The summed E-state index contributed by atoms with van der Waals surface area (Å²) in [6.45, 7) is 2.03. The van der Waals surface area contributed by atoms with E-state index in [-0.39, 0.29) is 5.75 Å². The Morgan fingerprint density at radius 1 is 1.54 bits per heavy atom. The van der Waals surface area contributed by atoms with Gasteiger partial charge >= 0.3 is 0 Å². The first kappa shape index (κ1) is 8.77. The molecule has 0 atom stereocenters. The van der Waals surface area contributed by atoms with Gasteiger partial charge in [-0.15, -0.1) is 11.3 Å². The number of aryl methyl sites for hydroxylation is 1. The number of thiophene rings is 1. The van der Waals surface area contributed by atoms with Crippen molar-refractivity contribution in [2.24, 2.45) is 0 Å². The predicted molar refractivity (Wildman–Crippen MR) is 55.5 cm³/mol. The van der Waals surface area contributed by atoms with Crippen molar-refractivity contribution in [3.63, 3.8) is 0 Å². The zero-order valence-electron chi connectivity index (χ0n) is 6.86. The third kappa shape index (κ3) is 1.49. The SMILES string of the molecule is Cc1ccc(-n2ncc(O)c2Br)s1. The van der Waals surface area contributed by atoms with E-state index in [0.29, 0.717) is 4.60 Å². The molecule has 0 spiro atoms. The van der Waals surface area contributed by atoms with Gasteiger partial charge < -0.3 is 5.11 Å². The summed E-state index contributed by atoms with van der Waals surface area (Å²) in [5.41, 5.74) is 0. The van der Waals surface area contributed by atoms with Gasteiger partial charge in [0.05, 0.1) is 6.20 Å². The zero-order valence-corrected chi connectivity index (χ0v) is 9.26. The molecular weight excluding hydrogens is 252 g/mol. The van der Waals surface area contributed by atoms with E-state index in [2.05, 4.69) is 21.0 Å². The minimum Gasteiger partial charge on any atom is -0.504 e. The quantitative estimate of drug-likeness (QED) is 0.855. The molecule has 3 nitrogen and oxygen atoms in total. The van der Waals surface area contributed by atoms with Crippen LogP contribution in [0.4, 0.5) is 0 Å². The molecule has 2 aromatic heterocycles. The molecule has 2 aromatic rings. The van der Waals surface area contributed by atoms with Crippen LogP contribution in [0.25, 0.3) is 5.00 Å². The molecular formula is C8H7BrN2OS. The van der Waals surface area contributed by atoms with Gasteiger partial charge in [-0.25, -0.2) is 4.68 Å². The molecule has 68 valence electrons. The molecule has 0 amide bonds. The van der Waals surface area contributed by atoms with E-state index in [1.807, 2.05) is 19.1 Å². The van der Waals surface area contributed by atoms with Crippen LogP contribution in [-0.2, 0) is 0 Å². The van der Waals surface area contributed by atoms with Gasteiger partial charge in [0.15, 0.2) is 10.4 Å². The Balaban J connectivity index is 2.52. The number of hydrogen-bond acceptors (Lipinski definition) is 3. The third-order valence-electron chi connectivity index (χ3n) is 1.63. The molecule has 0 radical (unpaired) electrons. The maximum absolute atomic E-state index is 9.28. The predicted octanol–water partition coefficient (Wildman–Crippen LogP) is 2.71. The van der Waals surface area contributed by atoms with Crippen molar-refractivity contribution >= 4 is 27.3 Å². The topological polar surface area (TPSA) is 38.0 Å². The summed E-state index contributed by atoms with van der Waals surface area (Å²) in [5.74, 6) is 0.158. The Labute approximate surface area is 87.8 Å². The molecule has 0 aliphatic carbocycles. The average Bonchev–Trinajstić information content (AvgIpc) is 2.62. The highest BCUT2D eigenvalue weighted by Gasteiger charge is 2.09. The fraction of sp³-hybridized carbons (Fsp3) is 0.125. The van der Waals surface area contributed by atoms with Crippen LogP contribution in [0, 0.1) is 6.92 Å². The number of aromatic hydroxyl groups is 1. The van der Waals surface area contributed by atoms with Crippen LogP contribution in [0.3, 0.4) is 0 Å². The fourth-order valence-electron chi connectivity index (χ4n) is 1.01. The van der Waals surface area contributed by atoms with Crippen molar-refractivity contribution in [2.75, 3.05) is 0 Å². The molecule has 1 N–H and O–H groups in total. The summed E-state index contributed by atoms with van der Waals surface area (Å²) in [5, 5.41) is 14.3. The first-order valence-electron chi connectivity index (χ1n) is 3.68. The normalized spacial score (nSPS) is 10.6. The molecule has 2 rings (SSSR count). The number of hydrogen-bond donors (Lipinski definition) is 1. The van der Waals surface area contributed by atoms with Crippen molar-refractivity contribution in [1.29, 1.82) is 0 Å². The standard InChI is InChI=1S/C8H7BrN2OS/c1-5-2-3-7(13-5)11-8(9)6(12)4-10-11/h2-4,12H,1H3. The zero-order chi connectivity index (χ0) is 9.42. The molecule has 0 bridgehead atoms. The highest BCUT2D eigenvalue weighted by Crippen LogP contribution is 2.28. The van der Waals surface area contributed by atoms with Crippen molar-refractivity contribution in [3.05, 3.63) is 27.8 Å². The van der Waals surface area contributed by atoms with Gasteiger partial charge in [-0.05, 0) is 35.0 Å². The lowest BCUT2D eigenvalue weighted by Crippen LogP contribution is -1.91. The first-order valence-corrected chi connectivity index (χ1v) is 5.29. The van der Waals surface area contributed by atoms with Gasteiger partial charge in [-0.2, -0.15) is 5.10 Å². The summed E-state index contributed by atoms with van der Waals surface area (Å²) < 4.78 is 2.25. The van der Waals surface area contributed by atoms with Gasteiger partial charge in [0.1, 0.15) is 5.00 Å². The molecule has 13 heavy (non-hydrogen) atoms. The Bertz CT molecular complexity index is 435. The monoisotopic (exact) mass is 258 g/mol. The molecule has 0 fully saturated rings. The second kappa shape index (κ2) is 3.16. The second-order valence-corrected chi connectivity index (χ2v) is 4.63. The van der Waals surface area contributed by atoms with Crippen molar-refractivity contribution in [3.8, 4) is 10.8 Å². The van der Waals surface area contributed by atoms with Crippen LogP contribution in [0.1, 0.15) is 4.88 Å². The smallest absolute Gasteiger partial charge is 0.168 e. The number of aromatic nitrogens is 2. The maximum Gasteiger partial charge on any atom is 0.168 e. The van der Waals surface area contributed by atoms with Gasteiger partial charge in [0, 0.05) is 4.88 Å². The van der Waals surface area contributed by atoms with E-state index in [9.17, 15) is 5.11 Å². The second-order valence-electron chi connectivity index (χ2n) is 2.62. The van der Waals surface area contributed by atoms with Crippen LogP contribution in [-0.4, -0.2) is 14.9 Å². The molecule has 2 heterocycles. The number of halogens is 1. The van der Waals surface area contributed by atoms with Crippen LogP contribution in [0.2, 0.25) is 0 Å². The van der Waals surface area contributed by atoms with Crippen LogP contribution >= 0.6 is 27.3 Å². The lowest BCUT2D eigenvalue weighted by atomic mass is 10.5. The molecule has 0 unspecified atom stereocenters. The van der Waals surface area contributed by atoms with E-state index in [1.165, 1.54) is 11.1 Å². The molecule has 0 aliphatic heterocycles.